The minimum atomic E-state index is -4.37. The molecule has 3 nitrogen and oxygen atoms in total. The summed E-state index contributed by atoms with van der Waals surface area (Å²) in [5.74, 6) is 0. The molecule has 0 aliphatic carbocycles. The van der Waals surface area contributed by atoms with Crippen molar-refractivity contribution in [2.24, 2.45) is 0 Å². The molecule has 0 amide bonds. The molecule has 1 N–H and O–H groups in total. The summed E-state index contributed by atoms with van der Waals surface area (Å²) in [7, 11) is 1.42. The normalized spacial score (nSPS) is 12.4. The van der Waals surface area contributed by atoms with Crippen molar-refractivity contribution in [3.8, 4) is 6.07 Å². The molecule has 0 fully saturated rings. The van der Waals surface area contributed by atoms with E-state index in [-0.39, 0.29) is 25.5 Å². The standard InChI is InChI=1S/C12H13F3N2O.ClH/c1-18-11(8-17-6-5-16)9-3-2-4-10(7-9)12(13,14)15;/h2-4,7,11,17H,6,8H2,1H3;1H. The van der Waals surface area contributed by atoms with Gasteiger partial charge in [0.15, 0.2) is 0 Å². The van der Waals surface area contributed by atoms with Crippen LogP contribution in [0.4, 0.5) is 13.2 Å². The molecule has 0 aromatic heterocycles. The summed E-state index contributed by atoms with van der Waals surface area (Å²) in [4.78, 5) is 0. The maximum absolute atomic E-state index is 12.5. The van der Waals surface area contributed by atoms with E-state index in [9.17, 15) is 13.2 Å². The van der Waals surface area contributed by atoms with E-state index in [0.29, 0.717) is 5.56 Å². The number of halogens is 4. The van der Waals surface area contributed by atoms with Crippen molar-refractivity contribution in [1.82, 2.24) is 5.32 Å². The van der Waals surface area contributed by atoms with Gasteiger partial charge in [0.2, 0.25) is 0 Å². The van der Waals surface area contributed by atoms with Gasteiger partial charge in [0, 0.05) is 13.7 Å². The Kier molecular flexibility index (Phi) is 7.45. The minimum Gasteiger partial charge on any atom is -0.375 e. The SMILES string of the molecule is COC(CNCC#N)c1cccc(C(F)(F)F)c1.Cl. The fraction of sp³-hybridized carbons (Fsp3) is 0.417. The van der Waals surface area contributed by atoms with Crippen LogP contribution in [0.1, 0.15) is 17.2 Å². The van der Waals surface area contributed by atoms with Crippen molar-refractivity contribution >= 4 is 12.4 Å². The Balaban J connectivity index is 0.00000324. The van der Waals surface area contributed by atoms with Crippen LogP contribution in [0.3, 0.4) is 0 Å². The molecule has 7 heteroatoms. The van der Waals surface area contributed by atoms with Crippen LogP contribution in [-0.4, -0.2) is 20.2 Å². The number of rotatable bonds is 5. The van der Waals surface area contributed by atoms with Crippen LogP contribution in [0.2, 0.25) is 0 Å². The summed E-state index contributed by atoms with van der Waals surface area (Å²) in [5.41, 5.74) is -0.278. The summed E-state index contributed by atoms with van der Waals surface area (Å²) < 4.78 is 42.7. The van der Waals surface area contributed by atoms with Gasteiger partial charge in [-0.2, -0.15) is 18.4 Å². The highest BCUT2D eigenvalue weighted by Crippen LogP contribution is 2.31. The maximum atomic E-state index is 12.5. The number of hydrogen-bond donors (Lipinski definition) is 1. The van der Waals surface area contributed by atoms with Gasteiger partial charge in [-0.3, -0.25) is 0 Å². The Hall–Kier alpha value is -1.29. The number of benzene rings is 1. The third-order valence-corrected chi connectivity index (χ3v) is 2.40. The molecule has 1 aromatic carbocycles. The zero-order valence-corrected chi connectivity index (χ0v) is 11.0. The zero-order chi connectivity index (χ0) is 13.6. The zero-order valence-electron chi connectivity index (χ0n) is 10.2. The average molecular weight is 295 g/mol. The summed E-state index contributed by atoms with van der Waals surface area (Å²) in [6, 6.07) is 6.87. The minimum absolute atomic E-state index is 0. The lowest BCUT2D eigenvalue weighted by atomic mass is 10.1. The largest absolute Gasteiger partial charge is 0.416 e. The molecule has 0 bridgehead atoms. The number of methoxy groups -OCH3 is 1. The van der Waals surface area contributed by atoms with Crippen LogP contribution in [-0.2, 0) is 10.9 Å². The Morgan fingerprint density at radius 1 is 1.42 bits per heavy atom. The predicted octanol–water partition coefficient (Wildman–Crippen LogP) is 2.93. The van der Waals surface area contributed by atoms with Gasteiger partial charge in [-0.05, 0) is 17.7 Å². The Labute approximate surface area is 115 Å². The van der Waals surface area contributed by atoms with Crippen molar-refractivity contribution < 1.29 is 17.9 Å². The highest BCUT2D eigenvalue weighted by molar-refractivity contribution is 5.85. The van der Waals surface area contributed by atoms with E-state index in [1.165, 1.54) is 13.2 Å². The lowest BCUT2D eigenvalue weighted by Gasteiger charge is -2.17. The van der Waals surface area contributed by atoms with Crippen molar-refractivity contribution in [2.75, 3.05) is 20.2 Å². The van der Waals surface area contributed by atoms with E-state index in [4.69, 9.17) is 10.00 Å². The molecule has 19 heavy (non-hydrogen) atoms. The van der Waals surface area contributed by atoms with E-state index < -0.39 is 17.8 Å². The lowest BCUT2D eigenvalue weighted by molar-refractivity contribution is -0.137. The maximum Gasteiger partial charge on any atom is 0.416 e. The molecule has 1 atom stereocenters. The summed E-state index contributed by atoms with van der Waals surface area (Å²) in [6.07, 6.45) is -4.88. The lowest BCUT2D eigenvalue weighted by Crippen LogP contribution is -2.23. The third kappa shape index (κ3) is 5.47. The predicted molar refractivity (Wildman–Crippen MR) is 66.9 cm³/mol. The molecule has 0 aliphatic heterocycles. The van der Waals surface area contributed by atoms with Crippen molar-refractivity contribution in [3.63, 3.8) is 0 Å². The number of ether oxygens (including phenoxy) is 1. The number of nitrogens with zero attached hydrogens (tertiary/aromatic N) is 1. The van der Waals surface area contributed by atoms with Gasteiger partial charge in [-0.1, -0.05) is 12.1 Å². The van der Waals surface area contributed by atoms with Crippen LogP contribution in [0.15, 0.2) is 24.3 Å². The summed E-state index contributed by atoms with van der Waals surface area (Å²) in [5, 5.41) is 11.1. The molecule has 1 aromatic rings. The molecule has 1 rings (SSSR count). The molecule has 1 unspecified atom stereocenters. The topological polar surface area (TPSA) is 45.0 Å². The second-order valence-electron chi connectivity index (χ2n) is 3.64. The third-order valence-electron chi connectivity index (χ3n) is 2.40. The van der Waals surface area contributed by atoms with E-state index in [0.717, 1.165) is 12.1 Å². The van der Waals surface area contributed by atoms with E-state index in [2.05, 4.69) is 5.32 Å². The molecule has 0 spiro atoms. The quantitative estimate of drug-likeness (QED) is 0.671. The molecule has 0 saturated carbocycles. The van der Waals surface area contributed by atoms with E-state index >= 15 is 0 Å². The fourth-order valence-corrected chi connectivity index (χ4v) is 1.51. The van der Waals surface area contributed by atoms with Crippen LogP contribution < -0.4 is 5.32 Å². The van der Waals surface area contributed by atoms with Gasteiger partial charge in [-0.25, -0.2) is 0 Å². The number of nitriles is 1. The highest BCUT2D eigenvalue weighted by Gasteiger charge is 2.30. The fourth-order valence-electron chi connectivity index (χ4n) is 1.51. The van der Waals surface area contributed by atoms with Gasteiger partial charge in [-0.15, -0.1) is 12.4 Å². The van der Waals surface area contributed by atoms with E-state index in [1.54, 1.807) is 6.07 Å². The van der Waals surface area contributed by atoms with Crippen molar-refractivity contribution in [2.45, 2.75) is 12.3 Å². The number of alkyl halides is 3. The monoisotopic (exact) mass is 294 g/mol. The molecule has 0 aliphatic rings. The first-order chi connectivity index (χ1) is 8.49. The van der Waals surface area contributed by atoms with Crippen LogP contribution in [0.25, 0.3) is 0 Å². The molecule has 106 valence electrons. The molecule has 0 saturated heterocycles. The van der Waals surface area contributed by atoms with Gasteiger partial charge in [0.1, 0.15) is 0 Å². The Bertz CT molecular complexity index is 432. The first-order valence-corrected chi connectivity index (χ1v) is 5.26. The van der Waals surface area contributed by atoms with Gasteiger partial charge in [0.05, 0.1) is 24.3 Å². The smallest absolute Gasteiger partial charge is 0.375 e. The molecular formula is C12H14ClF3N2O. The summed E-state index contributed by atoms with van der Waals surface area (Å²) >= 11 is 0. The molecule has 0 radical (unpaired) electrons. The second-order valence-corrected chi connectivity index (χ2v) is 3.64. The van der Waals surface area contributed by atoms with Crippen molar-refractivity contribution in [1.29, 1.82) is 5.26 Å². The van der Waals surface area contributed by atoms with Gasteiger partial charge >= 0.3 is 6.18 Å². The molecular weight excluding hydrogens is 281 g/mol. The van der Waals surface area contributed by atoms with Gasteiger partial charge < -0.3 is 10.1 Å². The first-order valence-electron chi connectivity index (χ1n) is 5.26. The highest BCUT2D eigenvalue weighted by atomic mass is 35.5. The van der Waals surface area contributed by atoms with E-state index in [1.807, 2.05) is 6.07 Å². The van der Waals surface area contributed by atoms with Crippen LogP contribution in [0, 0.1) is 11.3 Å². The first kappa shape index (κ1) is 17.7. The Morgan fingerprint density at radius 3 is 2.63 bits per heavy atom. The molecule has 0 heterocycles. The average Bonchev–Trinajstić information content (AvgIpc) is 2.34. The van der Waals surface area contributed by atoms with Gasteiger partial charge in [0.25, 0.3) is 0 Å². The summed E-state index contributed by atoms with van der Waals surface area (Å²) in [6.45, 7) is 0.407. The van der Waals surface area contributed by atoms with Crippen LogP contribution >= 0.6 is 12.4 Å². The van der Waals surface area contributed by atoms with Crippen LogP contribution in [0.5, 0.6) is 0 Å². The number of hydrogen-bond acceptors (Lipinski definition) is 3. The van der Waals surface area contributed by atoms with Crippen molar-refractivity contribution in [3.05, 3.63) is 35.4 Å². The second kappa shape index (κ2) is 8.00. The number of nitrogens with one attached hydrogen (secondary N) is 1. The Morgan fingerprint density at radius 2 is 2.11 bits per heavy atom.